The number of rotatable bonds is 6. The first kappa shape index (κ1) is 39.4. The number of hydrogen-bond donors (Lipinski definition) is 1. The Morgan fingerprint density at radius 3 is 1.43 bits per heavy atom. The van der Waals surface area contributed by atoms with Crippen molar-refractivity contribution in [3.05, 3.63) is 132 Å². The lowest BCUT2D eigenvalue weighted by Gasteiger charge is -2.08. The summed E-state index contributed by atoms with van der Waals surface area (Å²) in [7, 11) is -7.77. The molecule has 0 aliphatic carbocycles. The van der Waals surface area contributed by atoms with Crippen LogP contribution >= 0.6 is 0 Å². The molecule has 0 saturated heterocycles. The molecule has 6 heterocycles. The van der Waals surface area contributed by atoms with Crippen LogP contribution in [0, 0.1) is 51.4 Å². The molecule has 1 N–H and O–H groups in total. The van der Waals surface area contributed by atoms with Crippen molar-refractivity contribution in [1.29, 1.82) is 0 Å². The Balaban J connectivity index is 0.000000177. The minimum absolute atomic E-state index is 0.129. The molecule has 0 saturated carbocycles. The largest absolute Gasteiger partial charge is 0.384 e. The van der Waals surface area contributed by atoms with E-state index in [2.05, 4.69) is 44.0 Å². The molecule has 0 fully saturated rings. The van der Waals surface area contributed by atoms with Gasteiger partial charge in [0.1, 0.15) is 29.2 Å². The van der Waals surface area contributed by atoms with Crippen molar-refractivity contribution in [3.63, 3.8) is 0 Å². The van der Waals surface area contributed by atoms with Gasteiger partial charge in [-0.2, -0.15) is 0 Å². The van der Waals surface area contributed by atoms with Crippen molar-refractivity contribution in [2.45, 2.75) is 37.5 Å². The third kappa shape index (κ3) is 7.28. The number of halogens is 1. The minimum atomic E-state index is -3.90. The predicted molar refractivity (Wildman–Crippen MR) is 214 cm³/mol. The Morgan fingerprint density at radius 2 is 1.07 bits per heavy atom. The average Bonchev–Trinajstić information content (AvgIpc) is 3.99. The monoisotopic (exact) mass is 816 g/mol. The van der Waals surface area contributed by atoms with Crippen molar-refractivity contribution in [1.82, 2.24) is 28.2 Å². The van der Waals surface area contributed by atoms with E-state index in [4.69, 9.17) is 14.2 Å². The molecule has 0 aliphatic rings. The highest BCUT2D eigenvalue weighted by Crippen LogP contribution is 2.33. The third-order valence-corrected chi connectivity index (χ3v) is 12.4. The number of pyridine rings is 2. The van der Waals surface area contributed by atoms with Crippen LogP contribution in [0.25, 0.3) is 44.3 Å². The Hall–Kier alpha value is -6.85. The number of nitrogens with zero attached hydrogens (tertiary/aromatic N) is 6. The third-order valence-electron chi connectivity index (χ3n) is 9.05. The van der Waals surface area contributed by atoms with Crippen LogP contribution in [0.15, 0.2) is 116 Å². The van der Waals surface area contributed by atoms with E-state index in [-0.39, 0.29) is 16.4 Å². The molecule has 0 radical (unpaired) electrons. The van der Waals surface area contributed by atoms with Crippen LogP contribution < -0.4 is 0 Å². The molecule has 58 heavy (non-hydrogen) atoms. The van der Waals surface area contributed by atoms with Crippen molar-refractivity contribution >= 4 is 42.1 Å². The van der Waals surface area contributed by atoms with Crippen molar-refractivity contribution in [2.24, 2.45) is 0 Å². The Kier molecular flexibility index (Phi) is 10.8. The van der Waals surface area contributed by atoms with Gasteiger partial charge in [0.2, 0.25) is 0 Å². The quantitative estimate of drug-likeness (QED) is 0.176. The van der Waals surface area contributed by atoms with E-state index in [9.17, 15) is 21.2 Å². The van der Waals surface area contributed by atoms with Crippen molar-refractivity contribution in [3.8, 4) is 45.9 Å². The Bertz CT molecular complexity index is 2930. The van der Waals surface area contributed by atoms with Gasteiger partial charge in [-0.05, 0) is 64.1 Å². The zero-order chi connectivity index (χ0) is 41.2. The second-order valence-corrected chi connectivity index (χ2v) is 16.4. The average molecular weight is 817 g/mol. The maximum Gasteiger partial charge on any atom is 0.268 e. The molecule has 0 aliphatic heterocycles. The number of hydrogen-bond acceptors (Lipinski definition) is 11. The standard InChI is InChI=1S/C21H16FN3O3S.C21H17N3O4S/c1-14-20(15(2)28-24-14)17-11-19-21(23-12-17)16(7-6-10-22)13-25(19)29(26,27)18-8-4-3-5-9-18;1-14-20(15(2)28-23-14)17-11-19-21(22-12-17)16(7-6-10-25)13-24(19)29(26,27)18-8-4-3-5-9-18/h3-5,8-9,11-13H,10H2,1-2H3;3-5,8-9,11-13,25H,10H2,1-2H3. The van der Waals surface area contributed by atoms with Crippen LogP contribution in [0.5, 0.6) is 0 Å². The molecule has 0 atom stereocenters. The fourth-order valence-electron chi connectivity index (χ4n) is 6.47. The maximum absolute atomic E-state index is 13.3. The van der Waals surface area contributed by atoms with Gasteiger partial charge >= 0.3 is 0 Å². The van der Waals surface area contributed by atoms with Crippen LogP contribution in [0.3, 0.4) is 0 Å². The topological polar surface area (TPSA) is 176 Å². The summed E-state index contributed by atoms with van der Waals surface area (Å²) in [6.45, 7) is 6.00. The molecule has 0 spiro atoms. The van der Waals surface area contributed by atoms with E-state index in [1.165, 1.54) is 40.6 Å². The maximum atomic E-state index is 13.3. The van der Waals surface area contributed by atoms with Gasteiger partial charge in [0.15, 0.2) is 6.67 Å². The van der Waals surface area contributed by atoms with Gasteiger partial charge in [0.05, 0.1) is 43.3 Å². The summed E-state index contributed by atoms with van der Waals surface area (Å²) < 4.78 is 78.4. The summed E-state index contributed by atoms with van der Waals surface area (Å²) in [5.41, 5.74) is 6.52. The zero-order valence-corrected chi connectivity index (χ0v) is 33.1. The number of aliphatic hydroxyl groups is 1. The summed E-state index contributed by atoms with van der Waals surface area (Å²) in [5.74, 6) is 11.5. The normalized spacial score (nSPS) is 11.4. The number of fused-ring (bicyclic) bond motifs is 2. The predicted octanol–water partition coefficient (Wildman–Crippen LogP) is 6.76. The molecule has 13 nitrogen and oxygen atoms in total. The van der Waals surface area contributed by atoms with Crippen LogP contribution in [0.4, 0.5) is 4.39 Å². The number of aryl methyl sites for hydroxylation is 4. The lowest BCUT2D eigenvalue weighted by atomic mass is 10.1. The zero-order valence-electron chi connectivity index (χ0n) is 31.4. The van der Waals surface area contributed by atoms with E-state index in [0.717, 1.165) is 15.1 Å². The molecular formula is C42H33FN6O7S2. The van der Waals surface area contributed by atoms with Gasteiger partial charge in [-0.1, -0.05) is 70.4 Å². The van der Waals surface area contributed by atoms with Gasteiger partial charge in [-0.25, -0.2) is 29.2 Å². The summed E-state index contributed by atoms with van der Waals surface area (Å²) in [6, 6.07) is 19.7. The highest BCUT2D eigenvalue weighted by Gasteiger charge is 2.25. The Morgan fingerprint density at radius 1 is 0.655 bits per heavy atom. The van der Waals surface area contributed by atoms with E-state index < -0.39 is 26.7 Å². The summed E-state index contributed by atoms with van der Waals surface area (Å²) in [4.78, 5) is 9.16. The number of aliphatic hydroxyl groups excluding tert-OH is 1. The second kappa shape index (κ2) is 16.0. The minimum Gasteiger partial charge on any atom is -0.384 e. The van der Waals surface area contributed by atoms with E-state index in [0.29, 0.717) is 67.2 Å². The number of benzene rings is 2. The first-order chi connectivity index (χ1) is 27.9. The van der Waals surface area contributed by atoms with E-state index >= 15 is 0 Å². The summed E-state index contributed by atoms with van der Waals surface area (Å²) in [5, 5.41) is 16.9. The molecule has 0 unspecified atom stereocenters. The SMILES string of the molecule is Cc1noc(C)c1-c1cnc2c(C#CCF)cn(S(=O)(=O)c3ccccc3)c2c1.Cc1noc(C)c1-c1cnc2c(C#CCO)cn(S(=O)(=O)c3ccccc3)c2c1. The fraction of sp³-hybridized carbons (Fsp3) is 0.143. The van der Waals surface area contributed by atoms with E-state index in [1.807, 2.05) is 6.92 Å². The van der Waals surface area contributed by atoms with Crippen LogP contribution in [-0.2, 0) is 20.0 Å². The highest BCUT2D eigenvalue weighted by molar-refractivity contribution is 7.90. The summed E-state index contributed by atoms with van der Waals surface area (Å²) in [6.07, 6.45) is 6.05. The van der Waals surface area contributed by atoms with Gasteiger partial charge in [-0.3, -0.25) is 9.97 Å². The van der Waals surface area contributed by atoms with Crippen molar-refractivity contribution < 1.29 is 35.4 Å². The lowest BCUT2D eigenvalue weighted by Crippen LogP contribution is -2.11. The first-order valence-corrected chi connectivity index (χ1v) is 20.4. The smallest absolute Gasteiger partial charge is 0.268 e. The molecular weight excluding hydrogens is 784 g/mol. The van der Waals surface area contributed by atoms with Crippen molar-refractivity contribution in [2.75, 3.05) is 13.3 Å². The molecule has 16 heteroatoms. The molecule has 2 aromatic carbocycles. The second-order valence-electron chi connectivity index (χ2n) is 12.8. The number of alkyl halides is 1. The van der Waals surface area contributed by atoms with Crippen LogP contribution in [0.2, 0.25) is 0 Å². The van der Waals surface area contributed by atoms with Crippen LogP contribution in [0.1, 0.15) is 34.0 Å². The molecule has 0 bridgehead atoms. The fourth-order valence-corrected chi connectivity index (χ4v) is 9.21. The van der Waals surface area contributed by atoms with Gasteiger partial charge in [0, 0.05) is 47.0 Å². The molecule has 8 rings (SSSR count). The van der Waals surface area contributed by atoms with Gasteiger partial charge in [-0.15, -0.1) is 0 Å². The summed E-state index contributed by atoms with van der Waals surface area (Å²) >= 11 is 0. The molecule has 292 valence electrons. The number of aromatic nitrogens is 6. The Labute approximate surface area is 332 Å². The molecule has 6 aromatic heterocycles. The molecule has 8 aromatic rings. The molecule has 0 amide bonds. The van der Waals surface area contributed by atoms with Crippen LogP contribution in [-0.4, -0.2) is 63.4 Å². The van der Waals surface area contributed by atoms with Gasteiger partial charge in [0.25, 0.3) is 20.0 Å². The van der Waals surface area contributed by atoms with Gasteiger partial charge < -0.3 is 14.2 Å². The highest BCUT2D eigenvalue weighted by atomic mass is 32.2. The first-order valence-electron chi connectivity index (χ1n) is 17.5. The van der Waals surface area contributed by atoms with E-state index in [1.54, 1.807) is 81.7 Å². The lowest BCUT2D eigenvalue weighted by molar-refractivity contribution is 0.350.